The van der Waals surface area contributed by atoms with Crippen LogP contribution in [-0.2, 0) is 0 Å². The topological polar surface area (TPSA) is 52.0 Å². The van der Waals surface area contributed by atoms with Crippen molar-refractivity contribution in [2.75, 3.05) is 0 Å². The molecule has 2 aliphatic carbocycles. The molecular weight excluding hydrogens is 280 g/mol. The predicted octanol–water partition coefficient (Wildman–Crippen LogP) is 4.81. The molecule has 2 fully saturated rings. The maximum absolute atomic E-state index is 6.57. The molecule has 0 spiro atoms. The van der Waals surface area contributed by atoms with Gasteiger partial charge in [-0.05, 0) is 67.1 Å². The second-order valence-corrected chi connectivity index (χ2v) is 8.98. The number of hydrogen-bond acceptors (Lipinski definition) is 2. The summed E-state index contributed by atoms with van der Waals surface area (Å²) in [7, 11) is 0. The SMILES string of the molecule is CCC1CC(C(CC)C2CC(C)C(N)C(C)C2)CC(CC)C1N. The molecular formula is C21H42N2. The molecule has 2 nitrogen and oxygen atoms in total. The van der Waals surface area contributed by atoms with Crippen molar-refractivity contribution in [3.05, 3.63) is 0 Å². The molecule has 2 heteroatoms. The van der Waals surface area contributed by atoms with Gasteiger partial charge in [0.05, 0.1) is 0 Å². The minimum absolute atomic E-state index is 0.412. The van der Waals surface area contributed by atoms with E-state index in [1.165, 1.54) is 44.9 Å². The Bertz CT molecular complexity index is 330. The molecule has 0 aromatic rings. The summed E-state index contributed by atoms with van der Waals surface area (Å²) in [5, 5.41) is 0. The lowest BCUT2D eigenvalue weighted by Crippen LogP contribution is -2.47. The van der Waals surface area contributed by atoms with E-state index in [-0.39, 0.29) is 0 Å². The van der Waals surface area contributed by atoms with E-state index < -0.39 is 0 Å². The van der Waals surface area contributed by atoms with Crippen LogP contribution in [0.25, 0.3) is 0 Å². The second-order valence-electron chi connectivity index (χ2n) is 8.98. The van der Waals surface area contributed by atoms with Crippen LogP contribution in [0.3, 0.4) is 0 Å². The van der Waals surface area contributed by atoms with Crippen LogP contribution in [0.15, 0.2) is 0 Å². The Hall–Kier alpha value is -0.0800. The number of nitrogens with two attached hydrogens (primary N) is 2. The minimum atomic E-state index is 0.412. The standard InChI is InChI=1S/C21H42N2/c1-6-15-11-18(12-16(7-2)21(15)23)19(8-3)17-9-13(4)20(22)14(5)10-17/h13-21H,6-12,22-23H2,1-5H3. The third-order valence-corrected chi connectivity index (χ3v) is 7.69. The maximum Gasteiger partial charge on any atom is 0.00956 e. The van der Waals surface area contributed by atoms with Gasteiger partial charge in [0, 0.05) is 12.1 Å². The first-order valence-electron chi connectivity index (χ1n) is 10.4. The van der Waals surface area contributed by atoms with Crippen molar-refractivity contribution in [2.45, 2.75) is 91.6 Å². The molecule has 0 heterocycles. The Balaban J connectivity index is 2.10. The van der Waals surface area contributed by atoms with E-state index in [0.29, 0.717) is 23.9 Å². The van der Waals surface area contributed by atoms with E-state index in [4.69, 9.17) is 11.5 Å². The lowest BCUT2D eigenvalue weighted by molar-refractivity contribution is 0.0467. The maximum atomic E-state index is 6.57. The van der Waals surface area contributed by atoms with E-state index in [0.717, 1.165) is 29.6 Å². The van der Waals surface area contributed by atoms with E-state index in [9.17, 15) is 0 Å². The molecule has 5 atom stereocenters. The lowest BCUT2D eigenvalue weighted by atomic mass is 9.60. The molecule has 0 bridgehead atoms. The minimum Gasteiger partial charge on any atom is -0.327 e. The van der Waals surface area contributed by atoms with Crippen molar-refractivity contribution in [2.24, 2.45) is 52.9 Å². The zero-order valence-electron chi connectivity index (χ0n) is 16.3. The molecule has 0 aliphatic heterocycles. The Morgan fingerprint density at radius 3 is 1.57 bits per heavy atom. The third kappa shape index (κ3) is 4.12. The molecule has 0 aromatic carbocycles. The van der Waals surface area contributed by atoms with E-state index >= 15 is 0 Å². The molecule has 2 rings (SSSR count). The van der Waals surface area contributed by atoms with Crippen LogP contribution in [0, 0.1) is 41.4 Å². The first kappa shape index (κ1) is 19.2. The normalized spacial score (nSPS) is 46.6. The van der Waals surface area contributed by atoms with Crippen molar-refractivity contribution in [1.82, 2.24) is 0 Å². The summed E-state index contributed by atoms with van der Waals surface area (Å²) in [6, 6.07) is 0.853. The van der Waals surface area contributed by atoms with Gasteiger partial charge in [-0.2, -0.15) is 0 Å². The van der Waals surface area contributed by atoms with Gasteiger partial charge < -0.3 is 11.5 Å². The van der Waals surface area contributed by atoms with Gasteiger partial charge in [-0.3, -0.25) is 0 Å². The van der Waals surface area contributed by atoms with Crippen molar-refractivity contribution in [1.29, 1.82) is 0 Å². The fraction of sp³-hybridized carbons (Fsp3) is 1.00. The largest absolute Gasteiger partial charge is 0.327 e. The van der Waals surface area contributed by atoms with Crippen LogP contribution >= 0.6 is 0 Å². The van der Waals surface area contributed by atoms with Crippen molar-refractivity contribution in [3.8, 4) is 0 Å². The molecule has 5 unspecified atom stereocenters. The van der Waals surface area contributed by atoms with Crippen molar-refractivity contribution in [3.63, 3.8) is 0 Å². The quantitative estimate of drug-likeness (QED) is 0.763. The van der Waals surface area contributed by atoms with Crippen molar-refractivity contribution < 1.29 is 0 Å². The first-order valence-corrected chi connectivity index (χ1v) is 10.4. The predicted molar refractivity (Wildman–Crippen MR) is 101 cm³/mol. The second kappa shape index (κ2) is 8.34. The highest BCUT2D eigenvalue weighted by molar-refractivity contribution is 4.94. The molecule has 0 radical (unpaired) electrons. The van der Waals surface area contributed by atoms with Crippen LogP contribution in [0.4, 0.5) is 0 Å². The molecule has 0 saturated heterocycles. The Morgan fingerprint density at radius 1 is 0.739 bits per heavy atom. The Morgan fingerprint density at radius 2 is 1.17 bits per heavy atom. The lowest BCUT2D eigenvalue weighted by Gasteiger charge is -2.47. The summed E-state index contributed by atoms with van der Waals surface area (Å²) in [4.78, 5) is 0. The fourth-order valence-corrected chi connectivity index (χ4v) is 6.13. The van der Waals surface area contributed by atoms with Gasteiger partial charge in [0.2, 0.25) is 0 Å². The van der Waals surface area contributed by atoms with E-state index in [2.05, 4.69) is 34.6 Å². The molecule has 23 heavy (non-hydrogen) atoms. The fourth-order valence-electron chi connectivity index (χ4n) is 6.13. The Labute approximate surface area is 145 Å². The van der Waals surface area contributed by atoms with Gasteiger partial charge in [0.1, 0.15) is 0 Å². The van der Waals surface area contributed by atoms with Gasteiger partial charge >= 0.3 is 0 Å². The molecule has 2 aliphatic rings. The highest BCUT2D eigenvalue weighted by atomic mass is 14.7. The zero-order valence-corrected chi connectivity index (χ0v) is 16.3. The van der Waals surface area contributed by atoms with Gasteiger partial charge in [-0.15, -0.1) is 0 Å². The molecule has 0 amide bonds. The highest BCUT2D eigenvalue weighted by Gasteiger charge is 2.41. The van der Waals surface area contributed by atoms with Gasteiger partial charge in [-0.1, -0.05) is 53.9 Å². The van der Waals surface area contributed by atoms with Crippen LogP contribution in [0.5, 0.6) is 0 Å². The summed E-state index contributed by atoms with van der Waals surface area (Å²) in [6.45, 7) is 11.8. The van der Waals surface area contributed by atoms with Crippen LogP contribution in [0.2, 0.25) is 0 Å². The van der Waals surface area contributed by atoms with Crippen LogP contribution < -0.4 is 11.5 Å². The van der Waals surface area contributed by atoms with Crippen molar-refractivity contribution >= 4 is 0 Å². The average molecular weight is 323 g/mol. The average Bonchev–Trinajstić information content (AvgIpc) is 2.54. The molecule has 0 aromatic heterocycles. The Kier molecular flexibility index (Phi) is 6.98. The van der Waals surface area contributed by atoms with E-state index in [1.54, 1.807) is 0 Å². The summed E-state index contributed by atoms with van der Waals surface area (Å²) in [6.07, 6.45) is 9.29. The summed E-state index contributed by atoms with van der Waals surface area (Å²) < 4.78 is 0. The van der Waals surface area contributed by atoms with Gasteiger partial charge in [0.25, 0.3) is 0 Å². The van der Waals surface area contributed by atoms with Crippen LogP contribution in [0.1, 0.15) is 79.6 Å². The highest BCUT2D eigenvalue weighted by Crippen LogP contribution is 2.47. The van der Waals surface area contributed by atoms with E-state index in [1.807, 2.05) is 0 Å². The number of hydrogen-bond donors (Lipinski definition) is 2. The van der Waals surface area contributed by atoms with Gasteiger partial charge in [0.15, 0.2) is 0 Å². The van der Waals surface area contributed by atoms with Gasteiger partial charge in [-0.25, -0.2) is 0 Å². The number of rotatable bonds is 5. The zero-order chi connectivity index (χ0) is 17.1. The summed E-state index contributed by atoms with van der Waals surface area (Å²) >= 11 is 0. The summed E-state index contributed by atoms with van der Waals surface area (Å²) in [5.74, 6) is 5.54. The third-order valence-electron chi connectivity index (χ3n) is 7.69. The van der Waals surface area contributed by atoms with Crippen LogP contribution in [-0.4, -0.2) is 12.1 Å². The molecule has 2 saturated carbocycles. The first-order chi connectivity index (χ1) is 10.9. The summed E-state index contributed by atoms with van der Waals surface area (Å²) in [5.41, 5.74) is 13.0. The smallest absolute Gasteiger partial charge is 0.00956 e. The molecule has 4 N–H and O–H groups in total. The molecule has 136 valence electrons. The monoisotopic (exact) mass is 322 g/mol.